The van der Waals surface area contributed by atoms with Crippen molar-refractivity contribution < 1.29 is 19.4 Å². The number of hydrogen-bond donors (Lipinski definition) is 1. The van der Waals surface area contributed by atoms with Gasteiger partial charge in [-0.05, 0) is 56.3 Å². The second-order valence-electron chi connectivity index (χ2n) is 8.11. The van der Waals surface area contributed by atoms with Gasteiger partial charge in [-0.2, -0.15) is 0 Å². The van der Waals surface area contributed by atoms with Crippen molar-refractivity contribution in [2.24, 2.45) is 0 Å². The molecule has 3 rings (SSSR count). The van der Waals surface area contributed by atoms with E-state index in [1.54, 1.807) is 30.2 Å². The SMILES string of the molecule is CCN(CC)CCN1C(=O)C(=O)C(=C(O)c2ccc(OC)c(C)c2)[C@@H]1c1ccc(C)cc1. The smallest absolute Gasteiger partial charge is 0.295 e. The van der Waals surface area contributed by atoms with E-state index in [0.29, 0.717) is 24.4 Å². The molecule has 170 valence electrons. The Bertz CT molecular complexity index is 1020. The average Bonchev–Trinajstić information content (AvgIpc) is 3.04. The van der Waals surface area contributed by atoms with Gasteiger partial charge in [-0.1, -0.05) is 43.7 Å². The predicted octanol–water partition coefficient (Wildman–Crippen LogP) is 4.08. The van der Waals surface area contributed by atoms with Crippen LogP contribution >= 0.6 is 0 Å². The van der Waals surface area contributed by atoms with Crippen LogP contribution in [-0.2, 0) is 9.59 Å². The fourth-order valence-electron chi connectivity index (χ4n) is 4.18. The molecule has 0 saturated carbocycles. The number of hydrogen-bond acceptors (Lipinski definition) is 5. The molecule has 1 heterocycles. The summed E-state index contributed by atoms with van der Waals surface area (Å²) in [5, 5.41) is 11.2. The molecule has 0 aliphatic carbocycles. The first-order chi connectivity index (χ1) is 15.3. The van der Waals surface area contributed by atoms with Crippen molar-refractivity contribution >= 4 is 17.4 Å². The molecule has 1 aliphatic heterocycles. The van der Waals surface area contributed by atoms with E-state index in [1.165, 1.54) is 0 Å². The highest BCUT2D eigenvalue weighted by atomic mass is 16.5. The van der Waals surface area contributed by atoms with Crippen molar-refractivity contribution in [2.75, 3.05) is 33.3 Å². The number of likely N-dealkylation sites (tertiary alicyclic amines) is 1. The lowest BCUT2D eigenvalue weighted by Crippen LogP contribution is -2.38. The Morgan fingerprint density at radius 2 is 1.72 bits per heavy atom. The van der Waals surface area contributed by atoms with Gasteiger partial charge in [0, 0.05) is 18.7 Å². The minimum Gasteiger partial charge on any atom is -0.507 e. The molecular weight excluding hydrogens is 404 g/mol. The maximum Gasteiger partial charge on any atom is 0.295 e. The zero-order chi connectivity index (χ0) is 23.4. The number of Topliss-reactive ketones (excluding diaryl/α,β-unsaturated/α-hetero) is 1. The molecule has 0 spiro atoms. The van der Waals surface area contributed by atoms with Gasteiger partial charge < -0.3 is 19.6 Å². The molecule has 6 heteroatoms. The Kier molecular flexibility index (Phi) is 7.36. The molecule has 0 aromatic heterocycles. The quantitative estimate of drug-likeness (QED) is 0.384. The van der Waals surface area contributed by atoms with Crippen molar-refractivity contribution in [1.29, 1.82) is 0 Å². The second-order valence-corrected chi connectivity index (χ2v) is 8.11. The molecule has 2 aromatic rings. The number of rotatable bonds is 8. The molecule has 1 aliphatic rings. The standard InChI is InChI=1S/C26H32N2O4/c1-6-27(7-2)14-15-28-23(19-10-8-17(3)9-11-19)22(25(30)26(28)31)24(29)20-12-13-21(32-5)18(4)16-20/h8-13,16,23,29H,6-7,14-15H2,1-5H3/t23-/m0/s1. The minimum absolute atomic E-state index is 0.128. The Labute approximate surface area is 190 Å². The van der Waals surface area contributed by atoms with Crippen LogP contribution < -0.4 is 4.74 Å². The maximum atomic E-state index is 13.1. The van der Waals surface area contributed by atoms with Gasteiger partial charge in [0.25, 0.3) is 11.7 Å². The van der Waals surface area contributed by atoms with E-state index in [2.05, 4.69) is 18.7 Å². The summed E-state index contributed by atoms with van der Waals surface area (Å²) in [6, 6.07) is 12.3. The molecular formula is C26H32N2O4. The van der Waals surface area contributed by atoms with Crippen molar-refractivity contribution in [3.05, 3.63) is 70.3 Å². The van der Waals surface area contributed by atoms with Gasteiger partial charge in [-0.15, -0.1) is 0 Å². The Morgan fingerprint density at radius 3 is 2.28 bits per heavy atom. The summed E-state index contributed by atoms with van der Waals surface area (Å²) >= 11 is 0. The van der Waals surface area contributed by atoms with Gasteiger partial charge in [0.05, 0.1) is 18.7 Å². The van der Waals surface area contributed by atoms with Crippen molar-refractivity contribution in [1.82, 2.24) is 9.80 Å². The third-order valence-electron chi connectivity index (χ3n) is 6.15. The summed E-state index contributed by atoms with van der Waals surface area (Å²) in [5.74, 6) is -0.697. The van der Waals surface area contributed by atoms with Gasteiger partial charge in [-0.3, -0.25) is 9.59 Å². The summed E-state index contributed by atoms with van der Waals surface area (Å²) in [4.78, 5) is 30.0. The average molecular weight is 437 g/mol. The highest BCUT2D eigenvalue weighted by Gasteiger charge is 2.45. The third-order valence-corrected chi connectivity index (χ3v) is 6.15. The first-order valence-electron chi connectivity index (χ1n) is 11.0. The predicted molar refractivity (Wildman–Crippen MR) is 126 cm³/mol. The fraction of sp³-hybridized carbons (Fsp3) is 0.385. The third kappa shape index (κ3) is 4.55. The van der Waals surface area contributed by atoms with E-state index in [1.807, 2.05) is 38.1 Å². The molecule has 1 saturated heterocycles. The summed E-state index contributed by atoms with van der Waals surface area (Å²) in [5.41, 5.74) is 3.34. The normalized spacial score (nSPS) is 17.9. The lowest BCUT2D eigenvalue weighted by molar-refractivity contribution is -0.140. The van der Waals surface area contributed by atoms with E-state index in [0.717, 1.165) is 29.8 Å². The van der Waals surface area contributed by atoms with Gasteiger partial charge >= 0.3 is 0 Å². The van der Waals surface area contributed by atoms with Crippen LogP contribution in [0.5, 0.6) is 5.75 Å². The molecule has 6 nitrogen and oxygen atoms in total. The van der Waals surface area contributed by atoms with Crippen molar-refractivity contribution in [2.45, 2.75) is 33.7 Å². The van der Waals surface area contributed by atoms with E-state index in [9.17, 15) is 14.7 Å². The number of aliphatic hydroxyl groups excluding tert-OH is 1. The fourth-order valence-corrected chi connectivity index (χ4v) is 4.18. The summed E-state index contributed by atoms with van der Waals surface area (Å²) in [6.45, 7) is 10.8. The Morgan fingerprint density at radius 1 is 1.06 bits per heavy atom. The molecule has 1 fully saturated rings. The molecule has 1 amide bonds. The molecule has 1 atom stereocenters. The van der Waals surface area contributed by atoms with Crippen LogP contribution in [0.25, 0.3) is 5.76 Å². The van der Waals surface area contributed by atoms with E-state index < -0.39 is 17.7 Å². The number of likely N-dealkylation sites (N-methyl/N-ethyl adjacent to an activating group) is 1. The molecule has 32 heavy (non-hydrogen) atoms. The monoisotopic (exact) mass is 436 g/mol. The van der Waals surface area contributed by atoms with Crippen LogP contribution in [0.15, 0.2) is 48.0 Å². The van der Waals surface area contributed by atoms with Crippen LogP contribution in [-0.4, -0.2) is 59.9 Å². The number of carbonyl (C=O) groups excluding carboxylic acids is 2. The molecule has 0 bridgehead atoms. The summed E-state index contributed by atoms with van der Waals surface area (Å²) < 4.78 is 5.31. The topological polar surface area (TPSA) is 70.1 Å². The van der Waals surface area contributed by atoms with Crippen LogP contribution in [0, 0.1) is 13.8 Å². The lowest BCUT2D eigenvalue weighted by atomic mass is 9.94. The number of carbonyl (C=O) groups is 2. The van der Waals surface area contributed by atoms with E-state index in [4.69, 9.17) is 4.74 Å². The van der Waals surface area contributed by atoms with E-state index >= 15 is 0 Å². The number of amides is 1. The number of benzene rings is 2. The Hall–Kier alpha value is -3.12. The van der Waals surface area contributed by atoms with Crippen molar-refractivity contribution in [3.8, 4) is 5.75 Å². The Balaban J connectivity index is 2.10. The summed E-state index contributed by atoms with van der Waals surface area (Å²) in [6.07, 6.45) is 0. The highest BCUT2D eigenvalue weighted by molar-refractivity contribution is 6.46. The number of nitrogens with zero attached hydrogens (tertiary/aromatic N) is 2. The maximum absolute atomic E-state index is 13.1. The number of ether oxygens (including phenoxy) is 1. The number of ketones is 1. The zero-order valence-electron chi connectivity index (χ0n) is 19.5. The second kappa shape index (κ2) is 10.0. The number of methoxy groups -OCH3 is 1. The van der Waals surface area contributed by atoms with Gasteiger partial charge in [0.1, 0.15) is 11.5 Å². The van der Waals surface area contributed by atoms with Crippen LogP contribution in [0.2, 0.25) is 0 Å². The first kappa shape index (κ1) is 23.5. The van der Waals surface area contributed by atoms with E-state index in [-0.39, 0.29) is 11.3 Å². The summed E-state index contributed by atoms with van der Waals surface area (Å²) in [7, 11) is 1.58. The molecule has 1 N–H and O–H groups in total. The van der Waals surface area contributed by atoms with Gasteiger partial charge in [0.15, 0.2) is 0 Å². The lowest BCUT2D eigenvalue weighted by Gasteiger charge is -2.28. The minimum atomic E-state index is -0.652. The number of aryl methyl sites for hydroxylation is 2. The van der Waals surface area contributed by atoms with Crippen LogP contribution in [0.1, 0.15) is 42.1 Å². The molecule has 0 radical (unpaired) electrons. The first-order valence-corrected chi connectivity index (χ1v) is 11.0. The highest BCUT2D eigenvalue weighted by Crippen LogP contribution is 2.39. The zero-order valence-corrected chi connectivity index (χ0v) is 19.5. The molecule has 0 unspecified atom stereocenters. The molecule has 2 aromatic carbocycles. The largest absolute Gasteiger partial charge is 0.507 e. The number of aliphatic hydroxyl groups is 1. The van der Waals surface area contributed by atoms with Crippen LogP contribution in [0.3, 0.4) is 0 Å². The van der Waals surface area contributed by atoms with Gasteiger partial charge in [0.2, 0.25) is 0 Å². The van der Waals surface area contributed by atoms with Crippen LogP contribution in [0.4, 0.5) is 0 Å². The van der Waals surface area contributed by atoms with Gasteiger partial charge in [-0.25, -0.2) is 0 Å². The van der Waals surface area contributed by atoms with Crippen molar-refractivity contribution in [3.63, 3.8) is 0 Å².